The molecule has 1 heterocycles. The lowest BCUT2D eigenvalue weighted by Gasteiger charge is -2.27. The van der Waals surface area contributed by atoms with E-state index in [2.05, 4.69) is 16.4 Å². The Bertz CT molecular complexity index is 962. The Morgan fingerprint density at radius 1 is 1.20 bits per heavy atom. The highest BCUT2D eigenvalue weighted by molar-refractivity contribution is 5.99. The SMILES string of the molecule is CCOC(=O)c1c(C)[nH]c(C(=O)O[C@@H](C)C(=O)N[C@@H]2CCCc3ccccc32)c1C. The minimum Gasteiger partial charge on any atom is -0.462 e. The lowest BCUT2D eigenvalue weighted by Crippen LogP contribution is -2.39. The summed E-state index contributed by atoms with van der Waals surface area (Å²) in [6.45, 7) is 6.83. The maximum absolute atomic E-state index is 12.7. The second-order valence-electron chi connectivity index (χ2n) is 7.55. The molecule has 1 aliphatic carbocycles. The molecule has 2 N–H and O–H groups in total. The van der Waals surface area contributed by atoms with Gasteiger partial charge in [0.15, 0.2) is 6.10 Å². The van der Waals surface area contributed by atoms with E-state index in [1.807, 2.05) is 18.2 Å². The van der Waals surface area contributed by atoms with Gasteiger partial charge in [0.1, 0.15) is 5.69 Å². The molecular weight excluding hydrogens is 384 g/mol. The Balaban J connectivity index is 1.67. The van der Waals surface area contributed by atoms with E-state index in [4.69, 9.17) is 9.47 Å². The highest BCUT2D eigenvalue weighted by atomic mass is 16.5. The Hall–Kier alpha value is -3.09. The number of aryl methyl sites for hydroxylation is 2. The summed E-state index contributed by atoms with van der Waals surface area (Å²) in [6, 6.07) is 7.98. The number of rotatable bonds is 6. The van der Waals surface area contributed by atoms with E-state index >= 15 is 0 Å². The fourth-order valence-corrected chi connectivity index (χ4v) is 3.93. The number of hydrogen-bond donors (Lipinski definition) is 2. The van der Waals surface area contributed by atoms with Gasteiger partial charge in [-0.05, 0) is 63.6 Å². The number of carbonyl (C=O) groups excluding carboxylic acids is 3. The molecule has 0 spiro atoms. The van der Waals surface area contributed by atoms with Crippen LogP contribution in [0.3, 0.4) is 0 Å². The van der Waals surface area contributed by atoms with Crippen molar-refractivity contribution >= 4 is 17.8 Å². The van der Waals surface area contributed by atoms with Crippen molar-refractivity contribution in [2.75, 3.05) is 6.61 Å². The highest BCUT2D eigenvalue weighted by Crippen LogP contribution is 2.29. The number of H-pyrrole nitrogens is 1. The third-order valence-corrected chi connectivity index (χ3v) is 5.46. The van der Waals surface area contributed by atoms with Crippen molar-refractivity contribution in [3.05, 3.63) is 57.9 Å². The number of benzene rings is 1. The van der Waals surface area contributed by atoms with Crippen LogP contribution in [0.2, 0.25) is 0 Å². The zero-order valence-electron chi connectivity index (χ0n) is 17.8. The monoisotopic (exact) mass is 412 g/mol. The topological polar surface area (TPSA) is 97.5 Å². The van der Waals surface area contributed by atoms with E-state index in [0.29, 0.717) is 16.8 Å². The molecule has 2 aromatic rings. The fraction of sp³-hybridized carbons (Fsp3) is 0.435. The second-order valence-corrected chi connectivity index (χ2v) is 7.55. The van der Waals surface area contributed by atoms with Gasteiger partial charge in [-0.1, -0.05) is 24.3 Å². The van der Waals surface area contributed by atoms with Gasteiger partial charge in [-0.25, -0.2) is 9.59 Å². The molecule has 30 heavy (non-hydrogen) atoms. The van der Waals surface area contributed by atoms with Crippen LogP contribution in [0.4, 0.5) is 0 Å². The summed E-state index contributed by atoms with van der Waals surface area (Å²) in [7, 11) is 0. The molecule has 1 aliphatic rings. The molecule has 0 fully saturated rings. The quantitative estimate of drug-likeness (QED) is 0.707. The zero-order valence-corrected chi connectivity index (χ0v) is 17.8. The Morgan fingerprint density at radius 3 is 2.67 bits per heavy atom. The maximum atomic E-state index is 12.7. The summed E-state index contributed by atoms with van der Waals surface area (Å²) in [4.78, 5) is 40.3. The van der Waals surface area contributed by atoms with E-state index in [1.165, 1.54) is 5.56 Å². The van der Waals surface area contributed by atoms with Gasteiger partial charge in [0.05, 0.1) is 18.2 Å². The van der Waals surface area contributed by atoms with Crippen LogP contribution >= 0.6 is 0 Å². The lowest BCUT2D eigenvalue weighted by atomic mass is 9.87. The van der Waals surface area contributed by atoms with Gasteiger partial charge < -0.3 is 19.8 Å². The van der Waals surface area contributed by atoms with Crippen molar-refractivity contribution in [2.24, 2.45) is 0 Å². The number of ether oxygens (including phenoxy) is 2. The third kappa shape index (κ3) is 4.40. The first-order valence-electron chi connectivity index (χ1n) is 10.3. The normalized spacial score (nSPS) is 16.3. The predicted octanol–water partition coefficient (Wildman–Crippen LogP) is 3.55. The van der Waals surface area contributed by atoms with Crippen LogP contribution in [-0.4, -0.2) is 35.5 Å². The number of aromatic nitrogens is 1. The lowest BCUT2D eigenvalue weighted by molar-refractivity contribution is -0.130. The molecule has 3 rings (SSSR count). The zero-order chi connectivity index (χ0) is 21.8. The van der Waals surface area contributed by atoms with Crippen LogP contribution in [0.1, 0.15) is 76.0 Å². The number of nitrogens with one attached hydrogen (secondary N) is 2. The average molecular weight is 412 g/mol. The van der Waals surface area contributed by atoms with E-state index in [-0.39, 0.29) is 24.2 Å². The summed E-state index contributed by atoms with van der Waals surface area (Å²) in [6.07, 6.45) is 1.87. The van der Waals surface area contributed by atoms with Gasteiger partial charge in [-0.3, -0.25) is 4.79 Å². The predicted molar refractivity (Wildman–Crippen MR) is 111 cm³/mol. The summed E-state index contributed by atoms with van der Waals surface area (Å²) in [5.41, 5.74) is 3.80. The van der Waals surface area contributed by atoms with Crippen LogP contribution < -0.4 is 5.32 Å². The average Bonchev–Trinajstić information content (AvgIpc) is 3.02. The van der Waals surface area contributed by atoms with Crippen molar-refractivity contribution in [3.63, 3.8) is 0 Å². The van der Waals surface area contributed by atoms with Gasteiger partial charge >= 0.3 is 11.9 Å². The molecule has 0 saturated carbocycles. The molecular formula is C23H28N2O5. The van der Waals surface area contributed by atoms with Crippen LogP contribution in [0.5, 0.6) is 0 Å². The van der Waals surface area contributed by atoms with Crippen molar-refractivity contribution in [1.29, 1.82) is 0 Å². The molecule has 2 atom stereocenters. The number of hydrogen-bond acceptors (Lipinski definition) is 5. The summed E-state index contributed by atoms with van der Waals surface area (Å²) in [5, 5.41) is 3.00. The maximum Gasteiger partial charge on any atom is 0.355 e. The smallest absolute Gasteiger partial charge is 0.355 e. The number of aromatic amines is 1. The van der Waals surface area contributed by atoms with E-state index in [9.17, 15) is 14.4 Å². The first-order valence-corrected chi connectivity index (χ1v) is 10.3. The van der Waals surface area contributed by atoms with E-state index < -0.39 is 18.0 Å². The minimum atomic E-state index is -0.972. The second kappa shape index (κ2) is 9.15. The van der Waals surface area contributed by atoms with Crippen molar-refractivity contribution < 1.29 is 23.9 Å². The van der Waals surface area contributed by atoms with Gasteiger partial charge in [-0.2, -0.15) is 0 Å². The Kier molecular flexibility index (Phi) is 6.59. The summed E-state index contributed by atoms with van der Waals surface area (Å²) < 4.78 is 10.4. The first kappa shape index (κ1) is 21.6. The number of amides is 1. The molecule has 1 aromatic heterocycles. The largest absolute Gasteiger partial charge is 0.462 e. The van der Waals surface area contributed by atoms with Crippen molar-refractivity contribution in [3.8, 4) is 0 Å². The summed E-state index contributed by atoms with van der Waals surface area (Å²) in [5.74, 6) is -1.53. The van der Waals surface area contributed by atoms with E-state index in [1.54, 1.807) is 27.7 Å². The third-order valence-electron chi connectivity index (χ3n) is 5.46. The minimum absolute atomic E-state index is 0.0894. The van der Waals surface area contributed by atoms with Crippen molar-refractivity contribution in [2.45, 2.75) is 59.1 Å². The molecule has 0 saturated heterocycles. The molecule has 1 aromatic carbocycles. The van der Waals surface area contributed by atoms with Crippen LogP contribution in [-0.2, 0) is 20.7 Å². The fourth-order valence-electron chi connectivity index (χ4n) is 3.93. The Morgan fingerprint density at radius 2 is 1.93 bits per heavy atom. The molecule has 0 aliphatic heterocycles. The molecule has 7 nitrogen and oxygen atoms in total. The standard InChI is InChI=1S/C23H28N2O5/c1-5-29-22(27)19-13(2)20(24-14(19)3)23(28)30-15(4)21(26)25-18-12-8-10-16-9-6-7-11-17(16)18/h6-7,9,11,15,18,24H,5,8,10,12H2,1-4H3,(H,25,26)/t15-,18+/m0/s1. The molecule has 0 unspecified atom stereocenters. The van der Waals surface area contributed by atoms with Gasteiger partial charge in [0.2, 0.25) is 0 Å². The number of esters is 2. The molecule has 0 bridgehead atoms. The first-order chi connectivity index (χ1) is 14.3. The van der Waals surface area contributed by atoms with Gasteiger partial charge in [0, 0.05) is 5.69 Å². The Labute approximate surface area is 176 Å². The molecule has 160 valence electrons. The highest BCUT2D eigenvalue weighted by Gasteiger charge is 2.28. The summed E-state index contributed by atoms with van der Waals surface area (Å²) >= 11 is 0. The van der Waals surface area contributed by atoms with Crippen LogP contribution in [0.25, 0.3) is 0 Å². The van der Waals surface area contributed by atoms with Gasteiger partial charge in [-0.15, -0.1) is 0 Å². The number of fused-ring (bicyclic) bond motifs is 1. The number of carbonyl (C=O) groups is 3. The molecule has 0 radical (unpaired) electrons. The van der Waals surface area contributed by atoms with Crippen LogP contribution in [0, 0.1) is 13.8 Å². The van der Waals surface area contributed by atoms with E-state index in [0.717, 1.165) is 24.8 Å². The van der Waals surface area contributed by atoms with Crippen LogP contribution in [0.15, 0.2) is 24.3 Å². The van der Waals surface area contributed by atoms with Gasteiger partial charge in [0.25, 0.3) is 5.91 Å². The van der Waals surface area contributed by atoms with Crippen molar-refractivity contribution in [1.82, 2.24) is 10.3 Å². The molecule has 7 heteroatoms. The molecule has 1 amide bonds.